The first-order valence-electron chi connectivity index (χ1n) is 13.7. The predicted molar refractivity (Wildman–Crippen MR) is 154 cm³/mol. The summed E-state index contributed by atoms with van der Waals surface area (Å²) >= 11 is 0. The Morgan fingerprint density at radius 1 is 0.972 bits per heavy atom. The number of alkyl carbamates (subject to hydrolysis) is 1. The molecule has 36 heavy (non-hydrogen) atoms. The average Bonchev–Trinajstić information content (AvgIpc) is 2.65. The lowest BCUT2D eigenvalue weighted by Gasteiger charge is -2.41. The van der Waals surface area contributed by atoms with Gasteiger partial charge in [-0.15, -0.1) is 0 Å². The van der Waals surface area contributed by atoms with Crippen LogP contribution < -0.4 is 5.32 Å². The van der Waals surface area contributed by atoms with Gasteiger partial charge in [0.15, 0.2) is 8.32 Å². The van der Waals surface area contributed by atoms with Crippen molar-refractivity contribution in [2.75, 3.05) is 20.2 Å². The summed E-state index contributed by atoms with van der Waals surface area (Å²) in [6, 6.07) is 0.740. The van der Waals surface area contributed by atoms with E-state index in [1.807, 2.05) is 20.8 Å². The first kappa shape index (κ1) is 33.0. The van der Waals surface area contributed by atoms with Gasteiger partial charge >= 0.3 is 12.2 Å². The van der Waals surface area contributed by atoms with Crippen LogP contribution in [0.1, 0.15) is 73.6 Å². The maximum atomic E-state index is 12.6. The number of likely N-dealkylation sites (N-methyl/N-ethyl adjacent to an activating group) is 1. The van der Waals surface area contributed by atoms with E-state index in [1.165, 1.54) is 0 Å². The Hall–Kier alpha value is -1.07. The SMILES string of the molecule is CN(CC(CC1CCC(O[Si](C)(C)C(C)(C)C)CC1)NC(=O)OC(C)(C)C)C(=O)OCC[Si](C)(C)C. The fraction of sp³-hybridized carbons (Fsp3) is 0.926. The molecular formula is C27H56N2O5Si2. The van der Waals surface area contributed by atoms with E-state index in [0.29, 0.717) is 25.2 Å². The molecule has 1 atom stereocenters. The third-order valence-electron chi connectivity index (χ3n) is 7.28. The van der Waals surface area contributed by atoms with Crippen molar-refractivity contribution in [1.82, 2.24) is 10.2 Å². The Balaban J connectivity index is 2.73. The minimum absolute atomic E-state index is 0.197. The van der Waals surface area contributed by atoms with Crippen molar-refractivity contribution in [1.29, 1.82) is 0 Å². The highest BCUT2D eigenvalue weighted by Gasteiger charge is 2.40. The Morgan fingerprint density at radius 3 is 2.00 bits per heavy atom. The number of hydrogen-bond acceptors (Lipinski definition) is 5. The summed E-state index contributed by atoms with van der Waals surface area (Å²) in [7, 11) is -1.31. The van der Waals surface area contributed by atoms with E-state index in [9.17, 15) is 9.59 Å². The predicted octanol–water partition coefficient (Wildman–Crippen LogP) is 7.26. The van der Waals surface area contributed by atoms with Crippen molar-refractivity contribution in [3.63, 3.8) is 0 Å². The van der Waals surface area contributed by atoms with E-state index >= 15 is 0 Å². The van der Waals surface area contributed by atoms with E-state index < -0.39 is 28.1 Å². The van der Waals surface area contributed by atoms with Crippen LogP contribution in [-0.2, 0) is 13.9 Å². The van der Waals surface area contributed by atoms with Gasteiger partial charge in [-0.05, 0) is 83.0 Å². The van der Waals surface area contributed by atoms with Gasteiger partial charge in [-0.3, -0.25) is 0 Å². The van der Waals surface area contributed by atoms with Gasteiger partial charge in [0.25, 0.3) is 0 Å². The zero-order chi connectivity index (χ0) is 27.9. The van der Waals surface area contributed by atoms with Gasteiger partial charge in [0.05, 0.1) is 12.6 Å². The van der Waals surface area contributed by atoms with Crippen LogP contribution in [-0.4, -0.2) is 71.4 Å². The second kappa shape index (κ2) is 13.1. The van der Waals surface area contributed by atoms with Crippen LogP contribution in [0.15, 0.2) is 0 Å². The van der Waals surface area contributed by atoms with Crippen molar-refractivity contribution >= 4 is 28.6 Å². The van der Waals surface area contributed by atoms with E-state index in [2.05, 4.69) is 58.8 Å². The molecule has 0 aliphatic heterocycles. The molecule has 2 amide bonds. The molecule has 1 fully saturated rings. The van der Waals surface area contributed by atoms with Crippen LogP contribution in [0, 0.1) is 5.92 Å². The first-order valence-corrected chi connectivity index (χ1v) is 20.4. The zero-order valence-electron chi connectivity index (χ0n) is 25.4. The summed E-state index contributed by atoms with van der Waals surface area (Å²) < 4.78 is 17.7. The van der Waals surface area contributed by atoms with Crippen molar-refractivity contribution in [2.45, 2.75) is 135 Å². The molecule has 1 aliphatic carbocycles. The molecule has 0 heterocycles. The van der Waals surface area contributed by atoms with Gasteiger partial charge in [0.2, 0.25) is 0 Å². The molecule has 0 aromatic rings. The Bertz CT molecular complexity index is 702. The molecule has 1 unspecified atom stereocenters. The van der Waals surface area contributed by atoms with Gasteiger partial charge in [0.1, 0.15) is 5.60 Å². The molecule has 0 bridgehead atoms. The van der Waals surface area contributed by atoms with Crippen molar-refractivity contribution in [3.8, 4) is 0 Å². The number of rotatable bonds is 10. The third-order valence-corrected chi connectivity index (χ3v) is 13.5. The molecule has 212 valence electrons. The number of nitrogens with zero attached hydrogens (tertiary/aromatic N) is 1. The Kier molecular flexibility index (Phi) is 12.0. The molecule has 1 rings (SSSR count). The molecule has 0 radical (unpaired) electrons. The van der Waals surface area contributed by atoms with E-state index in [-0.39, 0.29) is 17.2 Å². The van der Waals surface area contributed by atoms with Crippen LogP contribution >= 0.6 is 0 Å². The second-order valence-electron chi connectivity index (χ2n) is 14.4. The highest BCUT2D eigenvalue weighted by Crippen LogP contribution is 2.40. The first-order chi connectivity index (χ1) is 16.2. The molecule has 1 N–H and O–H groups in total. The van der Waals surface area contributed by atoms with Gasteiger partial charge < -0.3 is 24.1 Å². The maximum Gasteiger partial charge on any atom is 0.409 e. The lowest BCUT2D eigenvalue weighted by Crippen LogP contribution is -2.48. The van der Waals surface area contributed by atoms with Crippen molar-refractivity contribution < 1.29 is 23.5 Å². The highest BCUT2D eigenvalue weighted by molar-refractivity contribution is 6.76. The summed E-state index contributed by atoms with van der Waals surface area (Å²) in [5.74, 6) is 0.473. The molecule has 0 saturated heterocycles. The van der Waals surface area contributed by atoms with Gasteiger partial charge in [-0.1, -0.05) is 40.4 Å². The number of nitrogens with one attached hydrogen (secondary N) is 1. The standard InChI is InChI=1S/C27H56N2O5Si2/c1-26(2,3)33-24(30)28-22(20-29(7)25(31)32-17-18-35(8,9)10)19-21-13-15-23(16-14-21)34-36(11,12)27(4,5)6/h21-23H,13-20H2,1-12H3,(H,28,30). The monoisotopic (exact) mass is 544 g/mol. The van der Waals surface area contributed by atoms with Crippen LogP contribution in [0.4, 0.5) is 9.59 Å². The largest absolute Gasteiger partial charge is 0.450 e. The number of carbonyl (C=O) groups excluding carboxylic acids is 2. The fourth-order valence-electron chi connectivity index (χ4n) is 4.09. The third kappa shape index (κ3) is 12.9. The molecule has 9 heteroatoms. The lowest BCUT2D eigenvalue weighted by molar-refractivity contribution is 0.0467. The molecule has 0 spiro atoms. The molecular weight excluding hydrogens is 488 g/mol. The molecule has 0 aromatic heterocycles. The molecule has 1 aliphatic rings. The zero-order valence-corrected chi connectivity index (χ0v) is 27.4. The highest BCUT2D eigenvalue weighted by atomic mass is 28.4. The van der Waals surface area contributed by atoms with Crippen LogP contribution in [0.3, 0.4) is 0 Å². The van der Waals surface area contributed by atoms with Crippen LogP contribution in [0.2, 0.25) is 43.8 Å². The average molecular weight is 545 g/mol. The maximum absolute atomic E-state index is 12.6. The summed E-state index contributed by atoms with van der Waals surface area (Å²) in [6.07, 6.45) is 4.57. The molecule has 1 saturated carbocycles. The quantitative estimate of drug-likeness (QED) is 0.293. The van der Waals surface area contributed by atoms with Crippen LogP contribution in [0.5, 0.6) is 0 Å². The molecule has 0 aromatic carbocycles. The van der Waals surface area contributed by atoms with E-state index in [0.717, 1.165) is 38.1 Å². The van der Waals surface area contributed by atoms with E-state index in [1.54, 1.807) is 11.9 Å². The van der Waals surface area contributed by atoms with E-state index in [4.69, 9.17) is 13.9 Å². The number of hydrogen-bond donors (Lipinski definition) is 1. The van der Waals surface area contributed by atoms with Crippen molar-refractivity contribution in [3.05, 3.63) is 0 Å². The lowest BCUT2D eigenvalue weighted by atomic mass is 9.83. The smallest absolute Gasteiger partial charge is 0.409 e. The van der Waals surface area contributed by atoms with Gasteiger partial charge in [-0.2, -0.15) is 0 Å². The Morgan fingerprint density at radius 2 is 1.53 bits per heavy atom. The van der Waals surface area contributed by atoms with Crippen LogP contribution in [0.25, 0.3) is 0 Å². The second-order valence-corrected chi connectivity index (χ2v) is 24.8. The normalized spacial score (nSPS) is 20.4. The molecule has 7 nitrogen and oxygen atoms in total. The summed E-state index contributed by atoms with van der Waals surface area (Å²) in [5, 5.41) is 3.24. The fourth-order valence-corrected chi connectivity index (χ4v) is 6.23. The minimum Gasteiger partial charge on any atom is -0.450 e. The van der Waals surface area contributed by atoms with Gasteiger partial charge in [-0.25, -0.2) is 9.59 Å². The number of ether oxygens (including phenoxy) is 2. The number of carbonyl (C=O) groups is 2. The summed E-state index contributed by atoms with van der Waals surface area (Å²) in [4.78, 5) is 26.7. The van der Waals surface area contributed by atoms with Crippen molar-refractivity contribution in [2.24, 2.45) is 5.92 Å². The summed E-state index contributed by atoms with van der Waals surface area (Å²) in [6.45, 7) is 24.7. The van der Waals surface area contributed by atoms with Gasteiger partial charge in [0, 0.05) is 27.8 Å². The number of amides is 2. The summed E-state index contributed by atoms with van der Waals surface area (Å²) in [5.41, 5.74) is -0.574. The topological polar surface area (TPSA) is 77.1 Å². The minimum atomic E-state index is -1.78. The Labute approximate surface area is 223 Å².